The van der Waals surface area contributed by atoms with Gasteiger partial charge < -0.3 is 9.67 Å². The van der Waals surface area contributed by atoms with E-state index in [1.165, 1.54) is 0 Å². The van der Waals surface area contributed by atoms with Crippen LogP contribution in [0, 0.1) is 0 Å². The Kier molecular flexibility index (Phi) is 5.09. The summed E-state index contributed by atoms with van der Waals surface area (Å²) in [7, 11) is 0. The number of aromatic nitrogens is 1. The van der Waals surface area contributed by atoms with Gasteiger partial charge in [-0.2, -0.15) is 0 Å². The first-order valence-electron chi connectivity index (χ1n) is 8.22. The topological polar surface area (TPSA) is 59.3 Å². The molecule has 0 spiro atoms. The number of ketones is 1. The average molecular weight is 333 g/mol. The van der Waals surface area contributed by atoms with Gasteiger partial charge in [0.25, 0.3) is 0 Å². The Morgan fingerprint density at radius 2 is 1.72 bits per heavy atom. The molecule has 0 radical (unpaired) electrons. The number of hydrogen-bond acceptors (Lipinski definition) is 2. The number of nitrogens with zero attached hydrogens (tertiary/aromatic N) is 1. The first kappa shape index (κ1) is 16.7. The highest BCUT2D eigenvalue weighted by Crippen LogP contribution is 2.23. The Labute approximate surface area is 146 Å². The molecule has 126 valence electrons. The zero-order valence-electron chi connectivity index (χ0n) is 13.8. The number of rotatable bonds is 7. The lowest BCUT2D eigenvalue weighted by Crippen LogP contribution is -2.01. The molecular weight excluding hydrogens is 314 g/mol. The monoisotopic (exact) mass is 333 g/mol. The van der Waals surface area contributed by atoms with Crippen LogP contribution in [0.15, 0.2) is 66.9 Å². The lowest BCUT2D eigenvalue weighted by Gasteiger charge is -2.03. The second kappa shape index (κ2) is 7.62. The van der Waals surface area contributed by atoms with Crippen LogP contribution >= 0.6 is 0 Å². The van der Waals surface area contributed by atoms with E-state index in [-0.39, 0.29) is 12.2 Å². The summed E-state index contributed by atoms with van der Waals surface area (Å²) in [6.07, 6.45) is 5.85. The smallest absolute Gasteiger partial charge is 0.303 e. The number of carbonyl (C=O) groups excluding carboxylic acids is 1. The zero-order valence-corrected chi connectivity index (χ0v) is 13.8. The number of carboxylic acids is 1. The van der Waals surface area contributed by atoms with E-state index in [9.17, 15) is 9.59 Å². The molecule has 0 amide bonds. The molecule has 3 rings (SSSR count). The van der Waals surface area contributed by atoms with Crippen LogP contribution in [-0.2, 0) is 11.3 Å². The predicted octanol–water partition coefficient (Wildman–Crippen LogP) is 4.40. The molecule has 0 aliphatic rings. The van der Waals surface area contributed by atoms with E-state index in [0.717, 1.165) is 16.5 Å². The van der Waals surface area contributed by atoms with Crippen LogP contribution in [0.3, 0.4) is 0 Å². The number of fused-ring (bicyclic) bond motifs is 1. The first-order chi connectivity index (χ1) is 12.1. The van der Waals surface area contributed by atoms with Gasteiger partial charge in [-0.15, -0.1) is 0 Å². The molecule has 0 saturated carbocycles. The summed E-state index contributed by atoms with van der Waals surface area (Å²) in [6.45, 7) is 0.572. The normalized spacial score (nSPS) is 11.2. The number of para-hydroxylation sites is 1. The number of benzene rings is 2. The van der Waals surface area contributed by atoms with Crippen LogP contribution < -0.4 is 0 Å². The second-order valence-electron chi connectivity index (χ2n) is 5.86. The molecule has 0 bridgehead atoms. The zero-order chi connectivity index (χ0) is 17.6. The third-order valence-electron chi connectivity index (χ3n) is 4.07. The fraction of sp³-hybridized carbons (Fsp3) is 0.143. The van der Waals surface area contributed by atoms with Crippen LogP contribution in [0.2, 0.25) is 0 Å². The Balaban J connectivity index is 1.86. The fourth-order valence-electron chi connectivity index (χ4n) is 2.85. The third-order valence-corrected chi connectivity index (χ3v) is 4.07. The molecule has 4 heteroatoms. The minimum Gasteiger partial charge on any atom is -0.481 e. The molecule has 1 heterocycles. The summed E-state index contributed by atoms with van der Waals surface area (Å²) >= 11 is 0. The number of aryl methyl sites for hydroxylation is 1. The van der Waals surface area contributed by atoms with Crippen LogP contribution in [0.4, 0.5) is 0 Å². The first-order valence-corrected chi connectivity index (χ1v) is 8.22. The van der Waals surface area contributed by atoms with Crippen LogP contribution in [0.25, 0.3) is 17.0 Å². The average Bonchev–Trinajstić information content (AvgIpc) is 2.99. The van der Waals surface area contributed by atoms with E-state index >= 15 is 0 Å². The third kappa shape index (κ3) is 4.04. The Morgan fingerprint density at radius 3 is 2.48 bits per heavy atom. The molecule has 0 unspecified atom stereocenters. The van der Waals surface area contributed by atoms with Crippen molar-refractivity contribution in [2.45, 2.75) is 19.4 Å². The summed E-state index contributed by atoms with van der Waals surface area (Å²) in [5.74, 6) is -0.865. The van der Waals surface area contributed by atoms with Crippen molar-refractivity contribution in [1.82, 2.24) is 4.57 Å². The van der Waals surface area contributed by atoms with E-state index in [2.05, 4.69) is 0 Å². The number of aliphatic carboxylic acids is 1. The minimum absolute atomic E-state index is 0.0583. The fourth-order valence-corrected chi connectivity index (χ4v) is 2.85. The SMILES string of the molecule is O=C(O)CCCn1cc(C(=O)C=Cc2ccccc2)c2ccccc21. The molecule has 25 heavy (non-hydrogen) atoms. The highest BCUT2D eigenvalue weighted by atomic mass is 16.4. The predicted molar refractivity (Wildman–Crippen MR) is 98.6 cm³/mol. The van der Waals surface area contributed by atoms with Crippen molar-refractivity contribution >= 4 is 28.7 Å². The van der Waals surface area contributed by atoms with E-state index in [1.54, 1.807) is 12.2 Å². The highest BCUT2D eigenvalue weighted by molar-refractivity contribution is 6.14. The molecule has 0 saturated heterocycles. The van der Waals surface area contributed by atoms with Gasteiger partial charge in [0, 0.05) is 35.6 Å². The van der Waals surface area contributed by atoms with Gasteiger partial charge in [0.15, 0.2) is 5.78 Å². The van der Waals surface area contributed by atoms with E-state index in [4.69, 9.17) is 5.11 Å². The summed E-state index contributed by atoms with van der Waals surface area (Å²) in [6, 6.07) is 17.4. The maximum Gasteiger partial charge on any atom is 0.303 e. The molecule has 0 aliphatic carbocycles. The van der Waals surface area contributed by atoms with Crippen molar-refractivity contribution in [3.63, 3.8) is 0 Å². The van der Waals surface area contributed by atoms with Crippen molar-refractivity contribution in [3.05, 3.63) is 78.0 Å². The molecular formula is C21H19NO3. The largest absolute Gasteiger partial charge is 0.481 e. The second-order valence-corrected chi connectivity index (χ2v) is 5.86. The van der Waals surface area contributed by atoms with Crippen molar-refractivity contribution in [3.8, 4) is 0 Å². The van der Waals surface area contributed by atoms with Gasteiger partial charge in [-0.25, -0.2) is 0 Å². The van der Waals surface area contributed by atoms with Gasteiger partial charge in [-0.1, -0.05) is 54.6 Å². The lowest BCUT2D eigenvalue weighted by atomic mass is 10.1. The molecule has 1 aromatic heterocycles. The van der Waals surface area contributed by atoms with E-state index < -0.39 is 5.97 Å². The molecule has 0 aliphatic heterocycles. The molecule has 0 fully saturated rings. The highest BCUT2D eigenvalue weighted by Gasteiger charge is 2.13. The van der Waals surface area contributed by atoms with Crippen LogP contribution in [0.5, 0.6) is 0 Å². The van der Waals surface area contributed by atoms with Gasteiger partial charge in [-0.3, -0.25) is 9.59 Å². The summed E-state index contributed by atoms with van der Waals surface area (Å²) < 4.78 is 1.96. The van der Waals surface area contributed by atoms with Gasteiger partial charge in [0.05, 0.1) is 0 Å². The van der Waals surface area contributed by atoms with Crippen molar-refractivity contribution in [2.24, 2.45) is 0 Å². The van der Waals surface area contributed by atoms with Crippen molar-refractivity contribution < 1.29 is 14.7 Å². The number of hydrogen-bond donors (Lipinski definition) is 1. The van der Waals surface area contributed by atoms with Crippen LogP contribution in [0.1, 0.15) is 28.8 Å². The quantitative estimate of drug-likeness (QED) is 0.515. The maximum atomic E-state index is 12.6. The number of allylic oxidation sites excluding steroid dienone is 1. The molecule has 0 atom stereocenters. The van der Waals surface area contributed by atoms with Gasteiger partial charge in [-0.05, 0) is 24.1 Å². The Morgan fingerprint density at radius 1 is 1.00 bits per heavy atom. The molecule has 4 nitrogen and oxygen atoms in total. The van der Waals surface area contributed by atoms with Gasteiger partial charge in [0.2, 0.25) is 0 Å². The summed E-state index contributed by atoms with van der Waals surface area (Å²) in [4.78, 5) is 23.3. The van der Waals surface area contributed by atoms with Crippen molar-refractivity contribution in [1.29, 1.82) is 0 Å². The maximum absolute atomic E-state index is 12.6. The summed E-state index contributed by atoms with van der Waals surface area (Å²) in [5, 5.41) is 9.69. The molecule has 3 aromatic rings. The number of carboxylic acid groups (broad SMARTS) is 1. The van der Waals surface area contributed by atoms with Gasteiger partial charge in [0.1, 0.15) is 0 Å². The van der Waals surface area contributed by atoms with Crippen LogP contribution in [-0.4, -0.2) is 21.4 Å². The van der Waals surface area contributed by atoms with E-state index in [1.807, 2.05) is 65.4 Å². The lowest BCUT2D eigenvalue weighted by molar-refractivity contribution is -0.137. The number of carbonyl (C=O) groups is 2. The Hall–Kier alpha value is -3.14. The standard InChI is InChI=1S/C21H19NO3/c23-20(13-12-16-7-2-1-3-8-16)18-15-22(14-6-11-21(24)25)19-10-5-4-9-17(18)19/h1-5,7-10,12-13,15H,6,11,14H2,(H,24,25). The van der Waals surface area contributed by atoms with Crippen molar-refractivity contribution in [2.75, 3.05) is 0 Å². The Bertz CT molecular complexity index is 923. The summed E-state index contributed by atoms with van der Waals surface area (Å²) in [5.41, 5.74) is 2.56. The molecule has 1 N–H and O–H groups in total. The van der Waals surface area contributed by atoms with E-state index in [0.29, 0.717) is 18.5 Å². The molecule has 2 aromatic carbocycles. The minimum atomic E-state index is -0.807. The van der Waals surface area contributed by atoms with Gasteiger partial charge >= 0.3 is 5.97 Å².